The number of amides is 1. The van der Waals surface area contributed by atoms with Crippen LogP contribution in [0.1, 0.15) is 29.4 Å². The minimum atomic E-state index is -0.210. The number of hydrogen-bond acceptors (Lipinski definition) is 5. The average Bonchev–Trinajstić information content (AvgIpc) is 3.39. The molecular formula is C23H24N4O2S. The summed E-state index contributed by atoms with van der Waals surface area (Å²) in [5, 5.41) is 7.05. The Bertz CT molecular complexity index is 1150. The molecule has 0 aliphatic carbocycles. The minimum absolute atomic E-state index is 0.210. The molecule has 0 unspecified atom stereocenters. The topological polar surface area (TPSA) is 69.0 Å². The van der Waals surface area contributed by atoms with Gasteiger partial charge in [0.25, 0.3) is 5.91 Å². The first kappa shape index (κ1) is 20.3. The molecule has 4 aromatic rings. The molecule has 1 N–H and O–H groups in total. The third kappa shape index (κ3) is 4.27. The van der Waals surface area contributed by atoms with Crippen molar-refractivity contribution in [3.8, 4) is 11.3 Å². The van der Waals surface area contributed by atoms with Gasteiger partial charge in [0.05, 0.1) is 28.0 Å². The summed E-state index contributed by atoms with van der Waals surface area (Å²) >= 11 is 1.63. The molecular weight excluding hydrogens is 396 g/mol. The van der Waals surface area contributed by atoms with Gasteiger partial charge in [-0.05, 0) is 56.0 Å². The number of aryl methyl sites for hydroxylation is 2. The van der Waals surface area contributed by atoms with Gasteiger partial charge in [0.1, 0.15) is 0 Å². The van der Waals surface area contributed by atoms with Gasteiger partial charge in [-0.25, -0.2) is 4.98 Å². The number of carbonyl (C=O) groups excluding carboxylic acids is 1. The molecule has 0 fully saturated rings. The standard InChI is InChI=1S/C23H24N4O2S/c1-3-29-13-6-12-27-21-8-5-4-7-20(21)25-23(27)26-22(28)18-9-10-19(24-16(18)2)17-11-14-30-15-17/h4-5,7-11,14-15H,3,6,12-13H2,1-2H3,(H,25,26,28). The summed E-state index contributed by atoms with van der Waals surface area (Å²) in [6.07, 6.45) is 0.840. The van der Waals surface area contributed by atoms with Crippen molar-refractivity contribution >= 4 is 34.2 Å². The second kappa shape index (κ2) is 9.19. The zero-order valence-corrected chi connectivity index (χ0v) is 17.9. The highest BCUT2D eigenvalue weighted by molar-refractivity contribution is 7.08. The smallest absolute Gasteiger partial charge is 0.259 e. The van der Waals surface area contributed by atoms with Crippen LogP contribution in [0, 0.1) is 6.92 Å². The number of thiophene rings is 1. The molecule has 0 spiro atoms. The monoisotopic (exact) mass is 420 g/mol. The molecule has 4 rings (SSSR count). The number of fused-ring (bicyclic) bond motifs is 1. The molecule has 154 valence electrons. The van der Waals surface area contributed by atoms with E-state index in [-0.39, 0.29) is 5.91 Å². The molecule has 1 aromatic carbocycles. The number of anilines is 1. The minimum Gasteiger partial charge on any atom is -0.382 e. The molecule has 0 saturated carbocycles. The predicted molar refractivity (Wildman–Crippen MR) is 121 cm³/mol. The van der Waals surface area contributed by atoms with Crippen LogP contribution in [0.5, 0.6) is 0 Å². The number of carbonyl (C=O) groups is 1. The fraction of sp³-hybridized carbons (Fsp3) is 0.261. The summed E-state index contributed by atoms with van der Waals surface area (Å²) < 4.78 is 7.50. The highest BCUT2D eigenvalue weighted by atomic mass is 32.1. The first-order valence-corrected chi connectivity index (χ1v) is 11.0. The van der Waals surface area contributed by atoms with Crippen LogP contribution in [-0.2, 0) is 11.3 Å². The Labute approximate surface area is 179 Å². The Balaban J connectivity index is 1.58. The van der Waals surface area contributed by atoms with Gasteiger partial charge in [0.15, 0.2) is 0 Å². The number of para-hydroxylation sites is 2. The van der Waals surface area contributed by atoms with Crippen LogP contribution in [0.15, 0.2) is 53.2 Å². The second-order valence-corrected chi connectivity index (χ2v) is 7.70. The Morgan fingerprint density at radius 2 is 2.03 bits per heavy atom. The van der Waals surface area contributed by atoms with E-state index < -0.39 is 0 Å². The van der Waals surface area contributed by atoms with Gasteiger partial charge in [0, 0.05) is 30.7 Å². The Morgan fingerprint density at radius 1 is 1.17 bits per heavy atom. The van der Waals surface area contributed by atoms with Crippen LogP contribution < -0.4 is 5.32 Å². The van der Waals surface area contributed by atoms with Crippen LogP contribution in [-0.4, -0.2) is 33.7 Å². The predicted octanol–water partition coefficient (Wildman–Crippen LogP) is 5.15. The van der Waals surface area contributed by atoms with E-state index in [4.69, 9.17) is 4.74 Å². The number of nitrogens with zero attached hydrogens (tertiary/aromatic N) is 3. The quantitative estimate of drug-likeness (QED) is 0.400. The summed E-state index contributed by atoms with van der Waals surface area (Å²) in [6.45, 7) is 5.92. The van der Waals surface area contributed by atoms with E-state index in [9.17, 15) is 4.79 Å². The van der Waals surface area contributed by atoms with Crippen molar-refractivity contribution in [3.63, 3.8) is 0 Å². The highest BCUT2D eigenvalue weighted by Crippen LogP contribution is 2.23. The number of aromatic nitrogens is 3. The molecule has 30 heavy (non-hydrogen) atoms. The number of ether oxygens (including phenoxy) is 1. The van der Waals surface area contributed by atoms with E-state index >= 15 is 0 Å². The van der Waals surface area contributed by atoms with E-state index in [0.717, 1.165) is 28.7 Å². The lowest BCUT2D eigenvalue weighted by molar-refractivity contribution is 0.102. The van der Waals surface area contributed by atoms with Gasteiger partial charge in [0.2, 0.25) is 5.95 Å². The van der Waals surface area contributed by atoms with Crippen molar-refractivity contribution in [2.75, 3.05) is 18.5 Å². The molecule has 1 amide bonds. The zero-order chi connectivity index (χ0) is 20.9. The number of nitrogens with one attached hydrogen (secondary N) is 1. The fourth-order valence-electron chi connectivity index (χ4n) is 3.41. The molecule has 6 nitrogen and oxygen atoms in total. The number of rotatable bonds is 8. The molecule has 0 aliphatic heterocycles. The number of benzene rings is 1. The van der Waals surface area contributed by atoms with E-state index in [1.807, 2.05) is 71.6 Å². The van der Waals surface area contributed by atoms with Crippen molar-refractivity contribution in [1.29, 1.82) is 0 Å². The van der Waals surface area contributed by atoms with Gasteiger partial charge in [-0.15, -0.1) is 0 Å². The first-order chi connectivity index (χ1) is 14.7. The zero-order valence-electron chi connectivity index (χ0n) is 17.1. The summed E-state index contributed by atoms with van der Waals surface area (Å²) in [4.78, 5) is 22.3. The van der Waals surface area contributed by atoms with Crippen molar-refractivity contribution < 1.29 is 9.53 Å². The summed E-state index contributed by atoms with van der Waals surface area (Å²) in [7, 11) is 0. The summed E-state index contributed by atoms with van der Waals surface area (Å²) in [6, 6.07) is 13.6. The lowest BCUT2D eigenvalue weighted by Gasteiger charge is -2.11. The van der Waals surface area contributed by atoms with Crippen LogP contribution in [0.2, 0.25) is 0 Å². The van der Waals surface area contributed by atoms with E-state index in [1.54, 1.807) is 11.3 Å². The van der Waals surface area contributed by atoms with E-state index in [0.29, 0.717) is 37.0 Å². The van der Waals surface area contributed by atoms with Crippen LogP contribution in [0.3, 0.4) is 0 Å². The van der Waals surface area contributed by atoms with Crippen molar-refractivity contribution in [3.05, 3.63) is 64.5 Å². The van der Waals surface area contributed by atoms with Crippen LogP contribution >= 0.6 is 11.3 Å². The summed E-state index contributed by atoms with van der Waals surface area (Å²) in [5.41, 5.74) is 5.01. The fourth-order valence-corrected chi connectivity index (χ4v) is 4.06. The van der Waals surface area contributed by atoms with Crippen molar-refractivity contribution in [2.24, 2.45) is 0 Å². The maximum Gasteiger partial charge on any atom is 0.259 e. The largest absolute Gasteiger partial charge is 0.382 e. The van der Waals surface area contributed by atoms with Gasteiger partial charge in [-0.1, -0.05) is 12.1 Å². The summed E-state index contributed by atoms with van der Waals surface area (Å²) in [5.74, 6) is 0.331. The van der Waals surface area contributed by atoms with Gasteiger partial charge in [-0.2, -0.15) is 11.3 Å². The average molecular weight is 421 g/mol. The molecule has 0 saturated heterocycles. The van der Waals surface area contributed by atoms with Crippen LogP contribution in [0.4, 0.5) is 5.95 Å². The Hall–Kier alpha value is -3.03. The molecule has 0 bridgehead atoms. The molecule has 0 aliphatic rings. The van der Waals surface area contributed by atoms with E-state index in [2.05, 4.69) is 15.3 Å². The second-order valence-electron chi connectivity index (χ2n) is 6.92. The third-order valence-corrected chi connectivity index (χ3v) is 5.59. The van der Waals surface area contributed by atoms with Gasteiger partial charge in [-0.3, -0.25) is 15.1 Å². The normalized spacial score (nSPS) is 11.1. The van der Waals surface area contributed by atoms with Crippen LogP contribution in [0.25, 0.3) is 22.3 Å². The third-order valence-electron chi connectivity index (χ3n) is 4.90. The number of pyridine rings is 1. The SMILES string of the molecule is CCOCCCn1c(NC(=O)c2ccc(-c3ccsc3)nc2C)nc2ccccc21. The maximum absolute atomic E-state index is 13.0. The first-order valence-electron chi connectivity index (χ1n) is 10.0. The van der Waals surface area contributed by atoms with Gasteiger partial charge >= 0.3 is 0 Å². The lowest BCUT2D eigenvalue weighted by atomic mass is 10.1. The van der Waals surface area contributed by atoms with E-state index in [1.165, 1.54) is 0 Å². The molecule has 0 atom stereocenters. The molecule has 7 heteroatoms. The maximum atomic E-state index is 13.0. The number of imidazole rings is 1. The van der Waals surface area contributed by atoms with Crippen molar-refractivity contribution in [1.82, 2.24) is 14.5 Å². The molecule has 3 aromatic heterocycles. The van der Waals surface area contributed by atoms with Gasteiger partial charge < -0.3 is 9.30 Å². The Kier molecular flexibility index (Phi) is 6.21. The Morgan fingerprint density at radius 3 is 2.80 bits per heavy atom. The lowest BCUT2D eigenvalue weighted by Crippen LogP contribution is -2.18. The molecule has 3 heterocycles. The molecule has 0 radical (unpaired) electrons. The van der Waals surface area contributed by atoms with Crippen molar-refractivity contribution in [2.45, 2.75) is 26.8 Å². The number of hydrogen-bond donors (Lipinski definition) is 1. The highest BCUT2D eigenvalue weighted by Gasteiger charge is 2.17.